The zero-order valence-corrected chi connectivity index (χ0v) is 18.0. The van der Waals surface area contributed by atoms with Gasteiger partial charge in [-0.3, -0.25) is 9.59 Å². The number of methoxy groups -OCH3 is 2. The second-order valence-corrected chi connectivity index (χ2v) is 7.64. The van der Waals surface area contributed by atoms with Crippen molar-refractivity contribution >= 4 is 33.4 Å². The number of rotatable bonds is 6. The fourth-order valence-corrected chi connectivity index (χ4v) is 3.92. The van der Waals surface area contributed by atoms with Gasteiger partial charge in [0.15, 0.2) is 0 Å². The number of benzene rings is 2. The van der Waals surface area contributed by atoms with Crippen molar-refractivity contribution in [1.82, 2.24) is 4.90 Å². The molecule has 2 aromatic rings. The van der Waals surface area contributed by atoms with Gasteiger partial charge in [-0.2, -0.15) is 0 Å². The molecule has 1 fully saturated rings. The predicted molar refractivity (Wildman–Crippen MR) is 113 cm³/mol. The highest BCUT2D eigenvalue weighted by Gasteiger charge is 2.45. The number of aliphatic hydroxyl groups excluding tert-OH is 1. The third kappa shape index (κ3) is 4.06. The molecule has 1 saturated heterocycles. The minimum absolute atomic E-state index is 0.0637. The molecule has 1 N–H and O–H groups in total. The summed E-state index contributed by atoms with van der Waals surface area (Å²) in [7, 11) is 3.10. The molecule has 29 heavy (non-hydrogen) atoms. The number of aliphatic hydroxyl groups is 1. The van der Waals surface area contributed by atoms with E-state index in [1.54, 1.807) is 25.3 Å². The lowest BCUT2D eigenvalue weighted by atomic mass is 9.95. The molecule has 0 aromatic heterocycles. The first-order valence-corrected chi connectivity index (χ1v) is 9.86. The van der Waals surface area contributed by atoms with Gasteiger partial charge in [-0.15, -0.1) is 0 Å². The molecule has 1 aliphatic heterocycles. The lowest BCUT2D eigenvalue weighted by molar-refractivity contribution is -0.140. The Morgan fingerprint density at radius 2 is 1.93 bits per heavy atom. The summed E-state index contributed by atoms with van der Waals surface area (Å²) in [6.07, 6.45) is 0. The number of hydrogen-bond acceptors (Lipinski definition) is 5. The van der Waals surface area contributed by atoms with Crippen molar-refractivity contribution in [2.24, 2.45) is 0 Å². The number of likely N-dealkylation sites (tertiary alicyclic amines) is 1. The molecule has 7 heteroatoms. The number of hydrogen-bond donors (Lipinski definition) is 1. The molecule has 0 spiro atoms. The van der Waals surface area contributed by atoms with Crippen LogP contribution in [0.25, 0.3) is 5.76 Å². The molecule has 0 unspecified atom stereocenters. The molecular formula is C22H22BrNO5. The van der Waals surface area contributed by atoms with Gasteiger partial charge < -0.3 is 19.5 Å². The maximum absolute atomic E-state index is 12.9. The number of carbonyl (C=O) groups is 2. The van der Waals surface area contributed by atoms with Crippen LogP contribution in [0.2, 0.25) is 0 Å². The molecule has 0 aliphatic carbocycles. The first kappa shape index (κ1) is 21.1. The predicted octanol–water partition coefficient (Wildman–Crippen LogP) is 3.83. The van der Waals surface area contributed by atoms with E-state index >= 15 is 0 Å². The Kier molecular flexibility index (Phi) is 6.39. The van der Waals surface area contributed by atoms with Crippen molar-refractivity contribution in [3.05, 3.63) is 69.2 Å². The average Bonchev–Trinajstić information content (AvgIpc) is 2.96. The highest BCUT2D eigenvalue weighted by atomic mass is 79.9. The van der Waals surface area contributed by atoms with Gasteiger partial charge in [0, 0.05) is 23.7 Å². The van der Waals surface area contributed by atoms with Crippen LogP contribution in [-0.2, 0) is 14.3 Å². The van der Waals surface area contributed by atoms with Gasteiger partial charge in [-0.1, -0.05) is 28.1 Å². The number of amides is 1. The highest BCUT2D eigenvalue weighted by molar-refractivity contribution is 9.10. The Morgan fingerprint density at radius 3 is 2.55 bits per heavy atom. The number of Topliss-reactive ketones (excluding diaryl/α,β-unsaturated/α-hetero) is 1. The topological polar surface area (TPSA) is 76.1 Å². The molecule has 6 nitrogen and oxygen atoms in total. The van der Waals surface area contributed by atoms with Gasteiger partial charge >= 0.3 is 0 Å². The summed E-state index contributed by atoms with van der Waals surface area (Å²) in [6.45, 7) is 2.36. The number of halogens is 1. The van der Waals surface area contributed by atoms with Crippen LogP contribution < -0.4 is 4.74 Å². The molecule has 1 aliphatic rings. The third-order valence-electron chi connectivity index (χ3n) is 4.91. The average molecular weight is 460 g/mol. The number of aryl methyl sites for hydroxylation is 1. The Hall–Kier alpha value is -2.64. The Morgan fingerprint density at radius 1 is 1.17 bits per heavy atom. The van der Waals surface area contributed by atoms with Gasteiger partial charge in [0.1, 0.15) is 11.5 Å². The smallest absolute Gasteiger partial charge is 0.295 e. The van der Waals surface area contributed by atoms with Crippen molar-refractivity contribution < 1.29 is 24.2 Å². The van der Waals surface area contributed by atoms with E-state index in [0.717, 1.165) is 15.6 Å². The largest absolute Gasteiger partial charge is 0.507 e. The first-order valence-electron chi connectivity index (χ1n) is 9.06. The molecule has 0 saturated carbocycles. The third-order valence-corrected chi connectivity index (χ3v) is 5.40. The molecular weight excluding hydrogens is 438 g/mol. The Balaban J connectivity index is 2.17. The number of carbonyl (C=O) groups excluding carboxylic acids is 2. The summed E-state index contributed by atoms with van der Waals surface area (Å²) < 4.78 is 11.2. The second kappa shape index (κ2) is 8.80. The van der Waals surface area contributed by atoms with Crippen LogP contribution in [0.5, 0.6) is 5.75 Å². The van der Waals surface area contributed by atoms with E-state index in [0.29, 0.717) is 11.3 Å². The van der Waals surface area contributed by atoms with E-state index in [1.165, 1.54) is 12.0 Å². The standard InChI is InChI=1S/C22H22BrNO5/c1-13-11-15(7-8-17(13)29-3)20(25)18-19(14-5-4-6-16(23)12-14)24(9-10-28-2)22(27)21(18)26/h4-8,11-12,19,25H,9-10H2,1-3H3/t19-/m1/s1. The Labute approximate surface area is 177 Å². The zero-order valence-electron chi connectivity index (χ0n) is 16.4. The summed E-state index contributed by atoms with van der Waals surface area (Å²) in [6, 6.07) is 11.8. The highest BCUT2D eigenvalue weighted by Crippen LogP contribution is 2.40. The van der Waals surface area contributed by atoms with Gasteiger partial charge in [0.05, 0.1) is 25.3 Å². The molecule has 152 valence electrons. The summed E-state index contributed by atoms with van der Waals surface area (Å²) in [4.78, 5) is 27.1. The van der Waals surface area contributed by atoms with Crippen LogP contribution in [-0.4, -0.2) is 49.1 Å². The van der Waals surface area contributed by atoms with Gasteiger partial charge in [-0.25, -0.2) is 0 Å². The molecule has 1 amide bonds. The van der Waals surface area contributed by atoms with Crippen molar-refractivity contribution in [3.63, 3.8) is 0 Å². The van der Waals surface area contributed by atoms with Crippen molar-refractivity contribution in [1.29, 1.82) is 0 Å². The van der Waals surface area contributed by atoms with Crippen LogP contribution in [0.4, 0.5) is 0 Å². The van der Waals surface area contributed by atoms with Crippen LogP contribution >= 0.6 is 15.9 Å². The molecule has 3 rings (SSSR count). The van der Waals surface area contributed by atoms with Crippen molar-refractivity contribution in [2.45, 2.75) is 13.0 Å². The number of nitrogens with zero attached hydrogens (tertiary/aromatic N) is 1. The lowest BCUT2D eigenvalue weighted by Crippen LogP contribution is -2.32. The van der Waals surface area contributed by atoms with Crippen LogP contribution in [0.1, 0.15) is 22.7 Å². The zero-order chi connectivity index (χ0) is 21.1. The molecule has 1 atom stereocenters. The molecule has 0 radical (unpaired) electrons. The normalized spacial score (nSPS) is 18.3. The molecule has 2 aromatic carbocycles. The van der Waals surface area contributed by atoms with Crippen molar-refractivity contribution in [3.8, 4) is 5.75 Å². The fourth-order valence-electron chi connectivity index (χ4n) is 3.50. The minimum atomic E-state index is -0.711. The van der Waals surface area contributed by atoms with E-state index in [9.17, 15) is 14.7 Å². The fraction of sp³-hybridized carbons (Fsp3) is 0.273. The molecule has 0 bridgehead atoms. The lowest BCUT2D eigenvalue weighted by Gasteiger charge is -2.25. The summed E-state index contributed by atoms with van der Waals surface area (Å²) in [5.74, 6) is -0.902. The van der Waals surface area contributed by atoms with E-state index in [2.05, 4.69) is 15.9 Å². The van der Waals surface area contributed by atoms with Gasteiger partial charge in [-0.05, 0) is 48.4 Å². The van der Waals surface area contributed by atoms with Crippen molar-refractivity contribution in [2.75, 3.05) is 27.4 Å². The Bertz CT molecular complexity index is 985. The maximum atomic E-state index is 12.9. The minimum Gasteiger partial charge on any atom is -0.507 e. The number of ketones is 1. The van der Waals surface area contributed by atoms with Crippen LogP contribution in [0, 0.1) is 6.92 Å². The van der Waals surface area contributed by atoms with E-state index < -0.39 is 17.7 Å². The SMILES string of the molecule is COCCN1C(=O)C(=O)C(=C(O)c2ccc(OC)c(C)c2)[C@H]1c1cccc(Br)c1. The monoisotopic (exact) mass is 459 g/mol. The van der Waals surface area contributed by atoms with E-state index in [-0.39, 0.29) is 24.5 Å². The van der Waals surface area contributed by atoms with E-state index in [1.807, 2.05) is 31.2 Å². The number of ether oxygens (including phenoxy) is 2. The van der Waals surface area contributed by atoms with Crippen LogP contribution in [0.3, 0.4) is 0 Å². The van der Waals surface area contributed by atoms with Gasteiger partial charge in [0.25, 0.3) is 11.7 Å². The summed E-state index contributed by atoms with van der Waals surface area (Å²) >= 11 is 3.43. The van der Waals surface area contributed by atoms with E-state index in [4.69, 9.17) is 9.47 Å². The van der Waals surface area contributed by atoms with Gasteiger partial charge in [0.2, 0.25) is 0 Å². The second-order valence-electron chi connectivity index (χ2n) is 6.72. The maximum Gasteiger partial charge on any atom is 0.295 e. The first-order chi connectivity index (χ1) is 13.9. The van der Waals surface area contributed by atoms with Crippen LogP contribution in [0.15, 0.2) is 52.5 Å². The molecule has 1 heterocycles. The summed E-state index contributed by atoms with van der Waals surface area (Å²) in [5.41, 5.74) is 2.05. The quantitative estimate of drug-likeness (QED) is 0.403. The summed E-state index contributed by atoms with van der Waals surface area (Å²) in [5, 5.41) is 11.0.